The maximum absolute atomic E-state index is 11.7. The van der Waals surface area contributed by atoms with Crippen LogP contribution in [0.5, 0.6) is 0 Å². The topological polar surface area (TPSA) is 70.7 Å². The highest BCUT2D eigenvalue weighted by molar-refractivity contribution is 5.76. The second kappa shape index (κ2) is 8.66. The average Bonchev–Trinajstić information content (AvgIpc) is 2.87. The fourth-order valence-corrected chi connectivity index (χ4v) is 1.87. The van der Waals surface area contributed by atoms with Gasteiger partial charge in [-0.15, -0.1) is 0 Å². The molecule has 0 saturated carbocycles. The summed E-state index contributed by atoms with van der Waals surface area (Å²) in [6, 6.07) is -0.0971. The van der Waals surface area contributed by atoms with Crippen LogP contribution in [0.2, 0.25) is 0 Å². The van der Waals surface area contributed by atoms with Gasteiger partial charge < -0.3 is 5.32 Å². The summed E-state index contributed by atoms with van der Waals surface area (Å²) in [5.41, 5.74) is 0. The standard InChI is InChI=1S/C13H24N4O/c1-3-4-5-6-7-8-9-12(18)16-11(2)13-14-10-15-17-13/h10-11H,3-9H2,1-2H3,(H,16,18)(H,14,15,17). The summed E-state index contributed by atoms with van der Waals surface area (Å²) in [6.45, 7) is 4.11. The number of nitrogens with zero attached hydrogens (tertiary/aromatic N) is 2. The molecular formula is C13H24N4O. The van der Waals surface area contributed by atoms with E-state index < -0.39 is 0 Å². The molecule has 0 saturated heterocycles. The molecule has 1 amide bonds. The van der Waals surface area contributed by atoms with E-state index in [1.165, 1.54) is 32.0 Å². The van der Waals surface area contributed by atoms with E-state index in [0.717, 1.165) is 12.8 Å². The van der Waals surface area contributed by atoms with Crippen LogP contribution in [0.1, 0.15) is 70.7 Å². The number of aromatic nitrogens is 3. The van der Waals surface area contributed by atoms with Crippen molar-refractivity contribution in [2.75, 3.05) is 0 Å². The first kappa shape index (κ1) is 14.7. The molecule has 1 aromatic heterocycles. The van der Waals surface area contributed by atoms with Gasteiger partial charge in [0.2, 0.25) is 5.91 Å². The fourth-order valence-electron chi connectivity index (χ4n) is 1.87. The summed E-state index contributed by atoms with van der Waals surface area (Å²) < 4.78 is 0. The Labute approximate surface area is 109 Å². The number of nitrogens with one attached hydrogen (secondary N) is 2. The van der Waals surface area contributed by atoms with Crippen molar-refractivity contribution in [3.63, 3.8) is 0 Å². The second-order valence-corrected chi connectivity index (χ2v) is 4.68. The highest BCUT2D eigenvalue weighted by Gasteiger charge is 2.11. The Morgan fingerprint density at radius 3 is 2.72 bits per heavy atom. The Hall–Kier alpha value is -1.39. The summed E-state index contributed by atoms with van der Waals surface area (Å²) in [6.07, 6.45) is 9.24. The van der Waals surface area contributed by atoms with Gasteiger partial charge in [-0.1, -0.05) is 39.0 Å². The minimum Gasteiger partial charge on any atom is -0.346 e. The highest BCUT2D eigenvalue weighted by Crippen LogP contribution is 2.08. The maximum Gasteiger partial charge on any atom is 0.220 e. The van der Waals surface area contributed by atoms with E-state index in [4.69, 9.17) is 0 Å². The third kappa shape index (κ3) is 5.80. The van der Waals surface area contributed by atoms with Crippen LogP contribution in [0.4, 0.5) is 0 Å². The van der Waals surface area contributed by atoms with E-state index in [1.54, 1.807) is 0 Å². The average molecular weight is 252 g/mol. The van der Waals surface area contributed by atoms with Crippen LogP contribution in [-0.4, -0.2) is 21.1 Å². The summed E-state index contributed by atoms with van der Waals surface area (Å²) >= 11 is 0. The Morgan fingerprint density at radius 2 is 2.06 bits per heavy atom. The molecule has 1 aromatic rings. The minimum atomic E-state index is -0.0971. The van der Waals surface area contributed by atoms with E-state index in [2.05, 4.69) is 27.4 Å². The molecule has 5 heteroatoms. The number of unbranched alkanes of at least 4 members (excludes halogenated alkanes) is 5. The number of H-pyrrole nitrogens is 1. The third-order valence-electron chi connectivity index (χ3n) is 2.98. The van der Waals surface area contributed by atoms with Crippen molar-refractivity contribution >= 4 is 5.91 Å². The lowest BCUT2D eigenvalue weighted by atomic mass is 10.1. The Kier molecular flexibility index (Phi) is 7.06. The van der Waals surface area contributed by atoms with Gasteiger partial charge in [0.1, 0.15) is 12.2 Å². The molecule has 1 heterocycles. The monoisotopic (exact) mass is 252 g/mol. The van der Waals surface area contributed by atoms with Crippen molar-refractivity contribution in [3.05, 3.63) is 12.2 Å². The summed E-state index contributed by atoms with van der Waals surface area (Å²) in [5.74, 6) is 0.792. The maximum atomic E-state index is 11.7. The fraction of sp³-hybridized carbons (Fsp3) is 0.769. The first-order chi connectivity index (χ1) is 8.74. The predicted molar refractivity (Wildman–Crippen MR) is 70.9 cm³/mol. The molecule has 0 fully saturated rings. The van der Waals surface area contributed by atoms with Gasteiger partial charge >= 0.3 is 0 Å². The zero-order valence-corrected chi connectivity index (χ0v) is 11.4. The predicted octanol–water partition coefficient (Wildman–Crippen LogP) is 2.73. The lowest BCUT2D eigenvalue weighted by molar-refractivity contribution is -0.121. The minimum absolute atomic E-state index is 0.0920. The van der Waals surface area contributed by atoms with Crippen molar-refractivity contribution in [3.8, 4) is 0 Å². The number of carbonyl (C=O) groups excluding carboxylic acids is 1. The van der Waals surface area contributed by atoms with Crippen molar-refractivity contribution < 1.29 is 4.79 Å². The molecule has 5 nitrogen and oxygen atoms in total. The number of hydrogen-bond donors (Lipinski definition) is 2. The van der Waals surface area contributed by atoms with E-state index in [1.807, 2.05) is 6.92 Å². The van der Waals surface area contributed by atoms with Gasteiger partial charge in [0.05, 0.1) is 6.04 Å². The summed E-state index contributed by atoms with van der Waals surface area (Å²) in [5, 5.41) is 9.44. The van der Waals surface area contributed by atoms with Gasteiger partial charge in [-0.3, -0.25) is 9.89 Å². The van der Waals surface area contributed by atoms with Crippen molar-refractivity contribution in [2.45, 2.75) is 64.8 Å². The van der Waals surface area contributed by atoms with E-state index in [9.17, 15) is 4.79 Å². The van der Waals surface area contributed by atoms with Gasteiger partial charge in [0.15, 0.2) is 0 Å². The first-order valence-electron chi connectivity index (χ1n) is 6.88. The lowest BCUT2D eigenvalue weighted by Gasteiger charge is -2.10. The highest BCUT2D eigenvalue weighted by atomic mass is 16.1. The number of carbonyl (C=O) groups is 1. The van der Waals surface area contributed by atoms with Crippen molar-refractivity contribution in [1.29, 1.82) is 0 Å². The van der Waals surface area contributed by atoms with Crippen LogP contribution in [0, 0.1) is 0 Å². The number of amides is 1. The molecule has 0 aliphatic heterocycles. The van der Waals surface area contributed by atoms with E-state index in [-0.39, 0.29) is 11.9 Å². The van der Waals surface area contributed by atoms with Gasteiger partial charge in [-0.05, 0) is 13.3 Å². The molecule has 2 N–H and O–H groups in total. The lowest BCUT2D eigenvalue weighted by Crippen LogP contribution is -2.27. The zero-order chi connectivity index (χ0) is 13.2. The molecule has 1 unspecified atom stereocenters. The number of aromatic amines is 1. The molecular weight excluding hydrogens is 228 g/mol. The Bertz CT molecular complexity index is 324. The molecule has 0 bridgehead atoms. The molecule has 0 radical (unpaired) electrons. The summed E-state index contributed by atoms with van der Waals surface area (Å²) in [7, 11) is 0. The van der Waals surface area contributed by atoms with Crippen molar-refractivity contribution in [2.24, 2.45) is 0 Å². The molecule has 18 heavy (non-hydrogen) atoms. The third-order valence-corrected chi connectivity index (χ3v) is 2.98. The molecule has 0 aliphatic rings. The van der Waals surface area contributed by atoms with Crippen LogP contribution in [-0.2, 0) is 4.79 Å². The quantitative estimate of drug-likeness (QED) is 0.664. The molecule has 0 aromatic carbocycles. The number of hydrogen-bond acceptors (Lipinski definition) is 3. The van der Waals surface area contributed by atoms with Crippen LogP contribution in [0.25, 0.3) is 0 Å². The number of rotatable bonds is 9. The van der Waals surface area contributed by atoms with Crippen LogP contribution in [0.3, 0.4) is 0 Å². The van der Waals surface area contributed by atoms with E-state index >= 15 is 0 Å². The summed E-state index contributed by atoms with van der Waals surface area (Å²) in [4.78, 5) is 15.7. The first-order valence-corrected chi connectivity index (χ1v) is 6.88. The second-order valence-electron chi connectivity index (χ2n) is 4.68. The molecule has 0 spiro atoms. The largest absolute Gasteiger partial charge is 0.346 e. The Balaban J connectivity index is 2.07. The Morgan fingerprint density at radius 1 is 1.33 bits per heavy atom. The normalized spacial score (nSPS) is 12.3. The zero-order valence-electron chi connectivity index (χ0n) is 11.4. The van der Waals surface area contributed by atoms with Gasteiger partial charge in [-0.25, -0.2) is 4.98 Å². The smallest absolute Gasteiger partial charge is 0.220 e. The van der Waals surface area contributed by atoms with Crippen molar-refractivity contribution in [1.82, 2.24) is 20.5 Å². The van der Waals surface area contributed by atoms with Crippen LogP contribution >= 0.6 is 0 Å². The van der Waals surface area contributed by atoms with E-state index in [0.29, 0.717) is 12.2 Å². The van der Waals surface area contributed by atoms with Gasteiger partial charge in [-0.2, -0.15) is 5.10 Å². The molecule has 102 valence electrons. The SMILES string of the molecule is CCCCCCCCC(=O)NC(C)c1ncn[nH]1. The van der Waals surface area contributed by atoms with Crippen LogP contribution in [0.15, 0.2) is 6.33 Å². The molecule has 0 aliphatic carbocycles. The van der Waals surface area contributed by atoms with Gasteiger partial charge in [0.25, 0.3) is 0 Å². The molecule has 1 rings (SSSR count). The van der Waals surface area contributed by atoms with Gasteiger partial charge in [0, 0.05) is 6.42 Å². The van der Waals surface area contributed by atoms with Crippen LogP contribution < -0.4 is 5.32 Å². The molecule has 1 atom stereocenters.